The van der Waals surface area contributed by atoms with Crippen LogP contribution in [0.15, 0.2) is 30.3 Å². The van der Waals surface area contributed by atoms with Crippen LogP contribution in [0.4, 0.5) is 0 Å². The summed E-state index contributed by atoms with van der Waals surface area (Å²) in [6.07, 6.45) is -0.711. The zero-order valence-electron chi connectivity index (χ0n) is 11.7. The minimum Gasteiger partial charge on any atom is -0.480 e. The molecule has 0 heterocycles. The van der Waals surface area contributed by atoms with E-state index in [1.807, 2.05) is 30.3 Å². The Morgan fingerprint density at radius 1 is 1.14 bits per heavy atom. The van der Waals surface area contributed by atoms with E-state index in [1.165, 1.54) is 0 Å². The summed E-state index contributed by atoms with van der Waals surface area (Å²) in [5.41, 5.74) is 0.941. The number of carboxylic acid groups (broad SMARTS) is 1. The highest BCUT2D eigenvalue weighted by Crippen LogP contribution is 2.03. The fourth-order valence-electron chi connectivity index (χ4n) is 1.42. The van der Waals surface area contributed by atoms with Gasteiger partial charge in [-0.25, -0.2) is 0 Å². The predicted molar refractivity (Wildman–Crippen MR) is 74.3 cm³/mol. The number of hydrogen-bond acceptors (Lipinski definition) is 4. The SMILES string of the molecule is CC(OCc1ccccc1)C(=O)NCC(=O)NCC(=O)O. The van der Waals surface area contributed by atoms with Crippen molar-refractivity contribution in [3.63, 3.8) is 0 Å². The lowest BCUT2D eigenvalue weighted by Gasteiger charge is -2.13. The van der Waals surface area contributed by atoms with Crippen molar-refractivity contribution in [2.45, 2.75) is 19.6 Å². The summed E-state index contributed by atoms with van der Waals surface area (Å²) in [4.78, 5) is 33.1. The fourth-order valence-corrected chi connectivity index (χ4v) is 1.42. The van der Waals surface area contributed by atoms with Crippen molar-refractivity contribution >= 4 is 17.8 Å². The highest BCUT2D eigenvalue weighted by molar-refractivity contribution is 5.88. The van der Waals surface area contributed by atoms with Gasteiger partial charge in [0.15, 0.2) is 0 Å². The lowest BCUT2D eigenvalue weighted by Crippen LogP contribution is -2.42. The quantitative estimate of drug-likeness (QED) is 0.621. The Balaban J connectivity index is 2.25. The topological polar surface area (TPSA) is 105 Å². The van der Waals surface area contributed by atoms with Crippen molar-refractivity contribution in [2.24, 2.45) is 0 Å². The van der Waals surface area contributed by atoms with Crippen LogP contribution < -0.4 is 10.6 Å². The normalized spacial score (nSPS) is 11.5. The van der Waals surface area contributed by atoms with Crippen LogP contribution >= 0.6 is 0 Å². The van der Waals surface area contributed by atoms with Gasteiger partial charge in [-0.15, -0.1) is 0 Å². The van der Waals surface area contributed by atoms with Crippen molar-refractivity contribution in [3.05, 3.63) is 35.9 Å². The molecule has 114 valence electrons. The Kier molecular flexibility index (Phi) is 6.90. The molecule has 7 heteroatoms. The van der Waals surface area contributed by atoms with E-state index in [0.29, 0.717) is 6.61 Å². The number of benzene rings is 1. The Hall–Kier alpha value is -2.41. The summed E-state index contributed by atoms with van der Waals surface area (Å²) in [6.45, 7) is 1.11. The van der Waals surface area contributed by atoms with Gasteiger partial charge >= 0.3 is 5.97 Å². The van der Waals surface area contributed by atoms with Crippen LogP contribution in [0.3, 0.4) is 0 Å². The number of carboxylic acids is 1. The number of hydrogen-bond donors (Lipinski definition) is 3. The molecule has 1 rings (SSSR count). The van der Waals surface area contributed by atoms with Gasteiger partial charge in [0, 0.05) is 0 Å². The molecule has 0 aliphatic heterocycles. The largest absolute Gasteiger partial charge is 0.480 e. The third kappa shape index (κ3) is 7.07. The van der Waals surface area contributed by atoms with E-state index in [1.54, 1.807) is 6.92 Å². The maximum Gasteiger partial charge on any atom is 0.322 e. The molecule has 0 saturated heterocycles. The zero-order chi connectivity index (χ0) is 15.7. The number of ether oxygens (including phenoxy) is 1. The lowest BCUT2D eigenvalue weighted by atomic mass is 10.2. The van der Waals surface area contributed by atoms with Crippen LogP contribution in [-0.4, -0.2) is 42.1 Å². The average Bonchev–Trinajstić information content (AvgIpc) is 2.49. The minimum atomic E-state index is -1.14. The molecule has 1 atom stereocenters. The van der Waals surface area contributed by atoms with Crippen LogP contribution in [0.25, 0.3) is 0 Å². The minimum absolute atomic E-state index is 0.287. The van der Waals surface area contributed by atoms with E-state index >= 15 is 0 Å². The number of rotatable bonds is 8. The monoisotopic (exact) mass is 294 g/mol. The van der Waals surface area contributed by atoms with E-state index in [-0.39, 0.29) is 6.54 Å². The molecule has 0 aromatic heterocycles. The fraction of sp³-hybridized carbons (Fsp3) is 0.357. The van der Waals surface area contributed by atoms with E-state index in [2.05, 4.69) is 10.6 Å². The summed E-state index contributed by atoms with van der Waals surface area (Å²) in [5.74, 6) is -2.15. The summed E-state index contributed by atoms with van der Waals surface area (Å²) >= 11 is 0. The van der Waals surface area contributed by atoms with E-state index in [4.69, 9.17) is 9.84 Å². The van der Waals surface area contributed by atoms with E-state index in [9.17, 15) is 14.4 Å². The van der Waals surface area contributed by atoms with Crippen LogP contribution in [-0.2, 0) is 25.7 Å². The molecular formula is C14H18N2O5. The molecule has 0 aliphatic rings. The smallest absolute Gasteiger partial charge is 0.322 e. The van der Waals surface area contributed by atoms with Gasteiger partial charge in [-0.3, -0.25) is 14.4 Å². The van der Waals surface area contributed by atoms with Crippen LogP contribution in [0.2, 0.25) is 0 Å². The molecule has 0 saturated carbocycles. The first-order valence-corrected chi connectivity index (χ1v) is 6.40. The molecule has 1 aromatic rings. The maximum atomic E-state index is 11.7. The number of nitrogens with one attached hydrogen (secondary N) is 2. The molecule has 0 radical (unpaired) electrons. The third-order valence-electron chi connectivity index (χ3n) is 2.57. The highest BCUT2D eigenvalue weighted by Gasteiger charge is 2.14. The van der Waals surface area contributed by atoms with Gasteiger partial charge in [-0.1, -0.05) is 30.3 Å². The lowest BCUT2D eigenvalue weighted by molar-refractivity contribution is -0.138. The Labute approximate surface area is 122 Å². The molecule has 0 fully saturated rings. The molecule has 0 bridgehead atoms. The standard InChI is InChI=1S/C14H18N2O5/c1-10(21-9-11-5-3-2-4-6-11)14(20)16-7-12(17)15-8-13(18)19/h2-6,10H,7-9H2,1H3,(H,15,17)(H,16,20)(H,18,19). The molecule has 0 aliphatic carbocycles. The molecule has 21 heavy (non-hydrogen) atoms. The van der Waals surface area contributed by atoms with Crippen molar-refractivity contribution < 1.29 is 24.2 Å². The molecular weight excluding hydrogens is 276 g/mol. The zero-order valence-corrected chi connectivity index (χ0v) is 11.7. The molecule has 1 aromatic carbocycles. The van der Waals surface area contributed by atoms with Gasteiger partial charge in [0.1, 0.15) is 12.6 Å². The van der Waals surface area contributed by atoms with Crippen molar-refractivity contribution in [1.29, 1.82) is 0 Å². The number of carbonyl (C=O) groups is 3. The molecule has 0 spiro atoms. The Morgan fingerprint density at radius 3 is 2.43 bits per heavy atom. The number of aliphatic carboxylic acids is 1. The van der Waals surface area contributed by atoms with Crippen molar-refractivity contribution in [3.8, 4) is 0 Å². The van der Waals surface area contributed by atoms with Gasteiger partial charge in [0.05, 0.1) is 13.2 Å². The summed E-state index contributed by atoms with van der Waals surface area (Å²) in [6, 6.07) is 9.38. The van der Waals surface area contributed by atoms with Gasteiger partial charge in [0.25, 0.3) is 0 Å². The number of carbonyl (C=O) groups excluding carboxylic acids is 2. The summed E-state index contributed by atoms with van der Waals surface area (Å²) < 4.78 is 5.38. The first-order valence-electron chi connectivity index (χ1n) is 6.40. The first-order chi connectivity index (χ1) is 9.99. The third-order valence-corrected chi connectivity index (χ3v) is 2.57. The van der Waals surface area contributed by atoms with Crippen molar-refractivity contribution in [1.82, 2.24) is 10.6 Å². The maximum absolute atomic E-state index is 11.7. The summed E-state index contributed by atoms with van der Waals surface area (Å²) in [5, 5.41) is 12.9. The second-order valence-electron chi connectivity index (χ2n) is 4.33. The molecule has 3 N–H and O–H groups in total. The Bertz CT molecular complexity index is 489. The van der Waals surface area contributed by atoms with Gasteiger partial charge < -0.3 is 20.5 Å². The van der Waals surface area contributed by atoms with Gasteiger partial charge in [-0.05, 0) is 12.5 Å². The highest BCUT2D eigenvalue weighted by atomic mass is 16.5. The summed E-state index contributed by atoms with van der Waals surface area (Å²) in [7, 11) is 0. The van der Waals surface area contributed by atoms with Gasteiger partial charge in [0.2, 0.25) is 11.8 Å². The van der Waals surface area contributed by atoms with Crippen molar-refractivity contribution in [2.75, 3.05) is 13.1 Å². The molecule has 7 nitrogen and oxygen atoms in total. The second-order valence-corrected chi connectivity index (χ2v) is 4.33. The molecule has 1 unspecified atom stereocenters. The molecule has 2 amide bonds. The van der Waals surface area contributed by atoms with E-state index < -0.39 is 30.4 Å². The number of amides is 2. The van der Waals surface area contributed by atoms with Gasteiger partial charge in [-0.2, -0.15) is 0 Å². The predicted octanol–water partition coefficient (Wildman–Crippen LogP) is -0.0913. The van der Waals surface area contributed by atoms with Crippen LogP contribution in [0.5, 0.6) is 0 Å². The second kappa shape index (κ2) is 8.70. The van der Waals surface area contributed by atoms with Crippen LogP contribution in [0, 0.1) is 0 Å². The van der Waals surface area contributed by atoms with Crippen LogP contribution in [0.1, 0.15) is 12.5 Å². The Morgan fingerprint density at radius 2 is 1.81 bits per heavy atom. The average molecular weight is 294 g/mol. The van der Waals surface area contributed by atoms with E-state index in [0.717, 1.165) is 5.56 Å². The first kappa shape index (κ1) is 16.6.